The van der Waals surface area contributed by atoms with Crippen molar-refractivity contribution in [2.24, 2.45) is 0 Å². The topological polar surface area (TPSA) is 134 Å². The van der Waals surface area contributed by atoms with Gasteiger partial charge in [-0.1, -0.05) is 23.4 Å². The maximum absolute atomic E-state index is 11.7. The quantitative estimate of drug-likeness (QED) is 0.376. The number of rotatable bonds is 9. The molecule has 3 N–H and O–H groups in total. The lowest BCUT2D eigenvalue weighted by atomic mass is 9.88. The zero-order chi connectivity index (χ0) is 25.9. The predicted octanol–water partition coefficient (Wildman–Crippen LogP) is 4.50. The number of carboxylic acid groups (broad SMARTS) is 1. The monoisotopic (exact) mass is 515 g/mol. The van der Waals surface area contributed by atoms with Crippen LogP contribution in [-0.4, -0.2) is 57.1 Å². The molecule has 194 valence electrons. The van der Waals surface area contributed by atoms with Crippen LogP contribution < -0.4 is 4.74 Å². The lowest BCUT2D eigenvalue weighted by molar-refractivity contribution is -0.137. The average molecular weight is 516 g/mol. The lowest BCUT2D eigenvalue weighted by Gasteiger charge is -2.41. The van der Waals surface area contributed by atoms with Crippen LogP contribution in [0.1, 0.15) is 55.0 Å². The van der Waals surface area contributed by atoms with Crippen molar-refractivity contribution in [2.75, 3.05) is 6.54 Å². The molecule has 0 amide bonds. The minimum absolute atomic E-state index is 0.00539. The van der Waals surface area contributed by atoms with Crippen molar-refractivity contribution in [3.8, 4) is 5.75 Å². The second-order valence-corrected chi connectivity index (χ2v) is 11.2. The van der Waals surface area contributed by atoms with E-state index in [0.29, 0.717) is 30.0 Å². The van der Waals surface area contributed by atoms with Gasteiger partial charge in [0.2, 0.25) is 0 Å². The minimum Gasteiger partial charge on any atom is -0.486 e. The van der Waals surface area contributed by atoms with Gasteiger partial charge < -0.3 is 9.84 Å². The van der Waals surface area contributed by atoms with E-state index in [9.17, 15) is 19.0 Å². The Bertz CT molecular complexity index is 1220. The molecule has 0 fully saturated rings. The zero-order valence-electron chi connectivity index (χ0n) is 20.7. The van der Waals surface area contributed by atoms with E-state index < -0.39 is 16.7 Å². The molecule has 1 aliphatic heterocycles. The van der Waals surface area contributed by atoms with E-state index >= 15 is 0 Å². The van der Waals surface area contributed by atoms with Crippen molar-refractivity contribution in [1.82, 2.24) is 24.3 Å². The summed E-state index contributed by atoms with van der Waals surface area (Å²) in [6.45, 7) is 7.16. The third-order valence-electron chi connectivity index (χ3n) is 6.46. The number of ether oxygens (including phenoxy) is 1. The van der Waals surface area contributed by atoms with E-state index in [4.69, 9.17) is 4.74 Å². The number of nitrogens with zero attached hydrogens (tertiary/aromatic N) is 5. The van der Waals surface area contributed by atoms with Gasteiger partial charge in [-0.2, -0.15) is 4.31 Å². The number of aryl methyl sites for hydroxylation is 3. The van der Waals surface area contributed by atoms with E-state index in [1.165, 1.54) is 12.4 Å². The summed E-state index contributed by atoms with van der Waals surface area (Å²) in [7, 11) is -3.31. The maximum atomic E-state index is 11.7. The maximum Gasteiger partial charge on any atom is 0.303 e. The number of hydrogen-bond donors (Lipinski definition) is 3. The Morgan fingerprint density at radius 3 is 2.83 bits per heavy atom. The third kappa shape index (κ3) is 5.86. The molecule has 1 aromatic carbocycles. The third-order valence-corrected chi connectivity index (χ3v) is 8.39. The second-order valence-electron chi connectivity index (χ2n) is 9.18. The SMILES string of the molecule is CCn1cc(CCC(CC(=O)O)c2ccc(C)c(CN3CC(C)Oc4cnccc4S3(O)O)c2)nn1. The predicted molar refractivity (Wildman–Crippen MR) is 136 cm³/mol. The first-order valence-electron chi connectivity index (χ1n) is 12.0. The fourth-order valence-electron chi connectivity index (χ4n) is 4.45. The number of carboxylic acids is 1. The molecule has 4 rings (SSSR count). The molecule has 0 spiro atoms. The molecule has 10 nitrogen and oxygen atoms in total. The van der Waals surface area contributed by atoms with Crippen molar-refractivity contribution in [2.45, 2.75) is 70.0 Å². The number of aromatic nitrogens is 4. The van der Waals surface area contributed by atoms with Gasteiger partial charge in [0.25, 0.3) is 0 Å². The van der Waals surface area contributed by atoms with Crippen LogP contribution in [0.4, 0.5) is 0 Å². The fraction of sp³-hybridized carbons (Fsp3) is 0.440. The summed E-state index contributed by atoms with van der Waals surface area (Å²) in [5, 5.41) is 17.8. The van der Waals surface area contributed by atoms with Crippen molar-refractivity contribution in [3.63, 3.8) is 0 Å². The van der Waals surface area contributed by atoms with E-state index in [2.05, 4.69) is 15.3 Å². The summed E-state index contributed by atoms with van der Waals surface area (Å²) >= 11 is 0. The van der Waals surface area contributed by atoms with Crippen molar-refractivity contribution < 1.29 is 23.7 Å². The molecular formula is C25H33N5O5S. The molecule has 3 heterocycles. The van der Waals surface area contributed by atoms with E-state index in [0.717, 1.165) is 28.9 Å². The summed E-state index contributed by atoms with van der Waals surface area (Å²) in [6.07, 6.45) is 5.86. The Morgan fingerprint density at radius 2 is 2.11 bits per heavy atom. The molecule has 3 aromatic rings. The average Bonchev–Trinajstić information content (AvgIpc) is 3.27. The summed E-state index contributed by atoms with van der Waals surface area (Å²) in [5.41, 5.74) is 3.63. The Kier molecular flexibility index (Phi) is 7.94. The molecule has 0 saturated carbocycles. The van der Waals surface area contributed by atoms with Gasteiger partial charge in [-0.3, -0.25) is 23.6 Å². The molecule has 2 unspecified atom stereocenters. The molecule has 0 aliphatic carbocycles. The van der Waals surface area contributed by atoms with Crippen LogP contribution in [0.2, 0.25) is 0 Å². The van der Waals surface area contributed by atoms with Crippen molar-refractivity contribution >= 4 is 16.7 Å². The van der Waals surface area contributed by atoms with Crippen LogP contribution in [-0.2, 0) is 24.3 Å². The molecule has 36 heavy (non-hydrogen) atoms. The Labute approximate surface area is 212 Å². The molecule has 2 atom stereocenters. The summed E-state index contributed by atoms with van der Waals surface area (Å²) in [4.78, 5) is 16.0. The number of pyridine rings is 1. The van der Waals surface area contributed by atoms with E-state index in [1.807, 2.05) is 45.2 Å². The number of carbonyl (C=O) groups is 1. The van der Waals surface area contributed by atoms with Crippen LogP contribution in [0.3, 0.4) is 0 Å². The molecule has 0 bridgehead atoms. The van der Waals surface area contributed by atoms with Crippen LogP contribution in [0, 0.1) is 6.92 Å². The lowest BCUT2D eigenvalue weighted by Crippen LogP contribution is -2.33. The Hall–Kier alpha value is -2.99. The van der Waals surface area contributed by atoms with E-state index in [-0.39, 0.29) is 25.0 Å². The standard InChI is InChI=1S/C25H33N5O5S/c1-4-29-16-22(27-28-29)8-7-20(12-25(31)32)19-6-5-17(2)21(11-19)15-30-14-18(3)35-23-13-26-10-9-24(23)36(30,33)34/h5-6,9-11,13,16,18,20,33-34H,4,7-8,12,14-15H2,1-3H3,(H,31,32). The highest BCUT2D eigenvalue weighted by Crippen LogP contribution is 2.57. The molecule has 1 aliphatic rings. The minimum atomic E-state index is -3.31. The first kappa shape index (κ1) is 26.1. The summed E-state index contributed by atoms with van der Waals surface area (Å²) in [6, 6.07) is 7.50. The molecule has 2 aromatic heterocycles. The highest BCUT2D eigenvalue weighted by Gasteiger charge is 2.34. The number of aliphatic carboxylic acids is 1. The van der Waals surface area contributed by atoms with Gasteiger partial charge in [0.05, 0.1) is 24.9 Å². The van der Waals surface area contributed by atoms with Crippen molar-refractivity contribution in [1.29, 1.82) is 0 Å². The molecular weight excluding hydrogens is 482 g/mol. The van der Waals surface area contributed by atoms with Gasteiger partial charge in [-0.05, 0) is 62.3 Å². The zero-order valence-corrected chi connectivity index (χ0v) is 21.6. The van der Waals surface area contributed by atoms with Gasteiger partial charge >= 0.3 is 5.97 Å². The smallest absolute Gasteiger partial charge is 0.303 e. The summed E-state index contributed by atoms with van der Waals surface area (Å²) < 4.78 is 31.8. The van der Waals surface area contributed by atoms with E-state index in [1.54, 1.807) is 15.1 Å². The molecule has 0 radical (unpaired) electrons. The van der Waals surface area contributed by atoms with Crippen molar-refractivity contribution in [3.05, 3.63) is 65.2 Å². The number of benzene rings is 1. The highest BCUT2D eigenvalue weighted by atomic mass is 32.3. The van der Waals surface area contributed by atoms with Gasteiger partial charge in [0.15, 0.2) is 5.75 Å². The fourth-order valence-corrected chi connectivity index (χ4v) is 6.08. The largest absolute Gasteiger partial charge is 0.486 e. The van der Waals surface area contributed by atoms with Crippen LogP contribution in [0.5, 0.6) is 5.75 Å². The van der Waals surface area contributed by atoms with Crippen LogP contribution in [0.25, 0.3) is 0 Å². The highest BCUT2D eigenvalue weighted by molar-refractivity contribution is 8.22. The first-order valence-corrected chi connectivity index (χ1v) is 13.5. The molecule has 0 saturated heterocycles. The molecule has 11 heteroatoms. The summed E-state index contributed by atoms with van der Waals surface area (Å²) in [5.74, 6) is -0.705. The van der Waals surface area contributed by atoms with Gasteiger partial charge in [-0.15, -0.1) is 15.9 Å². The Morgan fingerprint density at radius 1 is 1.31 bits per heavy atom. The number of fused-ring (bicyclic) bond motifs is 1. The van der Waals surface area contributed by atoms with Gasteiger partial charge in [0.1, 0.15) is 11.0 Å². The second kappa shape index (κ2) is 11.0. The van der Waals surface area contributed by atoms with Gasteiger partial charge in [-0.25, -0.2) is 0 Å². The number of hydrogen-bond acceptors (Lipinski definition) is 8. The first-order chi connectivity index (χ1) is 17.2. The Balaban J connectivity index is 1.59. The van der Waals surface area contributed by atoms with Crippen LogP contribution in [0.15, 0.2) is 47.8 Å². The van der Waals surface area contributed by atoms with Gasteiger partial charge in [0, 0.05) is 25.5 Å². The van der Waals surface area contributed by atoms with Crippen LogP contribution >= 0.6 is 10.8 Å². The normalized spacial score (nSPS) is 19.1.